The number of hydrogen-bond donors (Lipinski definition) is 0. The summed E-state index contributed by atoms with van der Waals surface area (Å²) in [5, 5.41) is 0. The Kier molecular flexibility index (Phi) is 5.33. The van der Waals surface area contributed by atoms with Gasteiger partial charge in [-0.1, -0.05) is 56.3 Å². The van der Waals surface area contributed by atoms with Crippen LogP contribution in [0.5, 0.6) is 0 Å². The number of carbonyl (C=O) groups is 1. The van der Waals surface area contributed by atoms with Crippen molar-refractivity contribution in [2.75, 3.05) is 27.2 Å². The van der Waals surface area contributed by atoms with Gasteiger partial charge in [-0.05, 0) is 33.3 Å². The molecule has 0 unspecified atom stereocenters. The molecule has 0 radical (unpaired) electrons. The second-order valence-corrected chi connectivity index (χ2v) is 5.80. The van der Waals surface area contributed by atoms with E-state index < -0.39 is 0 Å². The summed E-state index contributed by atoms with van der Waals surface area (Å²) in [6, 6.07) is 9.48. The van der Waals surface area contributed by atoms with Gasteiger partial charge in [0, 0.05) is 17.6 Å². The van der Waals surface area contributed by atoms with Crippen LogP contribution in [0.25, 0.3) is 0 Å². The third-order valence-corrected chi connectivity index (χ3v) is 4.72. The molecule has 0 spiro atoms. The van der Waals surface area contributed by atoms with Gasteiger partial charge in [-0.3, -0.25) is 14.6 Å². The van der Waals surface area contributed by atoms with E-state index in [9.17, 15) is 4.79 Å². The fraction of sp³-hybridized carbons (Fsp3) is 0.421. The van der Waals surface area contributed by atoms with Crippen molar-refractivity contribution in [2.24, 2.45) is 0 Å². The lowest BCUT2D eigenvalue weighted by Crippen LogP contribution is -2.57. The standard InChI is InChI=1S/C19H26N2O/c1-5-20(3)19(21(4)6-2)14-12-17(13-15-19)18(22)16-10-8-7-9-11-16/h7-14H,5-6,15H2,1-4H3. The molecule has 0 aromatic heterocycles. The van der Waals surface area contributed by atoms with E-state index in [1.54, 1.807) is 0 Å². The van der Waals surface area contributed by atoms with Crippen LogP contribution < -0.4 is 0 Å². The van der Waals surface area contributed by atoms with Gasteiger partial charge in [0.05, 0.1) is 5.66 Å². The molecule has 22 heavy (non-hydrogen) atoms. The monoisotopic (exact) mass is 298 g/mol. The highest BCUT2D eigenvalue weighted by Gasteiger charge is 2.36. The van der Waals surface area contributed by atoms with Crippen LogP contribution in [-0.4, -0.2) is 48.4 Å². The Morgan fingerprint density at radius 1 is 1.09 bits per heavy atom. The van der Waals surface area contributed by atoms with E-state index >= 15 is 0 Å². The summed E-state index contributed by atoms with van der Waals surface area (Å²) < 4.78 is 0. The molecule has 3 heteroatoms. The first-order valence-electron chi connectivity index (χ1n) is 7.96. The fourth-order valence-corrected chi connectivity index (χ4v) is 2.95. The van der Waals surface area contributed by atoms with E-state index in [-0.39, 0.29) is 11.4 Å². The lowest BCUT2D eigenvalue weighted by molar-refractivity contribution is 0.0201. The van der Waals surface area contributed by atoms with Gasteiger partial charge >= 0.3 is 0 Å². The van der Waals surface area contributed by atoms with Crippen LogP contribution in [0.3, 0.4) is 0 Å². The SMILES string of the molecule is CCN(C)C1(N(C)CC)C=CC(C(=O)c2ccccc2)=CC1. The molecule has 1 aliphatic rings. The number of ketones is 1. The molecule has 0 saturated heterocycles. The maximum Gasteiger partial charge on any atom is 0.192 e. The van der Waals surface area contributed by atoms with Crippen molar-refractivity contribution in [2.45, 2.75) is 25.9 Å². The summed E-state index contributed by atoms with van der Waals surface area (Å²) in [4.78, 5) is 17.2. The first kappa shape index (κ1) is 16.7. The van der Waals surface area contributed by atoms with Crippen LogP contribution in [0.2, 0.25) is 0 Å². The number of likely N-dealkylation sites (N-methyl/N-ethyl adjacent to an activating group) is 2. The van der Waals surface area contributed by atoms with Crippen molar-refractivity contribution in [3.63, 3.8) is 0 Å². The Bertz CT molecular complexity index is 564. The zero-order chi connectivity index (χ0) is 16.2. The van der Waals surface area contributed by atoms with Crippen LogP contribution >= 0.6 is 0 Å². The van der Waals surface area contributed by atoms with E-state index in [0.29, 0.717) is 0 Å². The number of nitrogens with zero attached hydrogens (tertiary/aromatic N) is 2. The van der Waals surface area contributed by atoms with Gasteiger partial charge in [-0.25, -0.2) is 0 Å². The van der Waals surface area contributed by atoms with Gasteiger partial charge in [0.15, 0.2) is 5.78 Å². The largest absolute Gasteiger partial charge is 0.289 e. The topological polar surface area (TPSA) is 23.6 Å². The van der Waals surface area contributed by atoms with Crippen molar-refractivity contribution in [3.05, 3.63) is 59.7 Å². The van der Waals surface area contributed by atoms with Gasteiger partial charge in [0.25, 0.3) is 0 Å². The molecule has 1 aromatic carbocycles. The second-order valence-electron chi connectivity index (χ2n) is 5.80. The molecule has 2 rings (SSSR count). The molecule has 0 atom stereocenters. The molecule has 0 amide bonds. The highest BCUT2D eigenvalue weighted by Crippen LogP contribution is 2.30. The molecule has 0 saturated carbocycles. The smallest absolute Gasteiger partial charge is 0.192 e. The number of rotatable bonds is 6. The van der Waals surface area contributed by atoms with Crippen molar-refractivity contribution in [1.29, 1.82) is 0 Å². The van der Waals surface area contributed by atoms with Gasteiger partial charge in [0.1, 0.15) is 0 Å². The Balaban J connectivity index is 2.24. The maximum atomic E-state index is 12.5. The summed E-state index contributed by atoms with van der Waals surface area (Å²) in [7, 11) is 4.27. The minimum absolute atomic E-state index is 0.101. The molecule has 1 aliphatic carbocycles. The lowest BCUT2D eigenvalue weighted by Gasteiger charge is -2.46. The molecule has 0 N–H and O–H groups in total. The predicted molar refractivity (Wildman–Crippen MR) is 92.0 cm³/mol. The van der Waals surface area contributed by atoms with Crippen LogP contribution in [-0.2, 0) is 0 Å². The molecular weight excluding hydrogens is 272 g/mol. The molecule has 118 valence electrons. The lowest BCUT2D eigenvalue weighted by atomic mass is 9.90. The molecule has 0 fully saturated rings. The Hall–Kier alpha value is -1.71. The van der Waals surface area contributed by atoms with Gasteiger partial charge in [-0.15, -0.1) is 0 Å². The molecule has 3 nitrogen and oxygen atoms in total. The minimum Gasteiger partial charge on any atom is -0.289 e. The van der Waals surface area contributed by atoms with Gasteiger partial charge < -0.3 is 0 Å². The van der Waals surface area contributed by atoms with Crippen molar-refractivity contribution < 1.29 is 4.79 Å². The number of Topliss-reactive ketones (excluding diaryl/α,β-unsaturated/α-hetero) is 1. The van der Waals surface area contributed by atoms with Crippen molar-refractivity contribution in [1.82, 2.24) is 9.80 Å². The Labute approximate surface area is 133 Å². The van der Waals surface area contributed by atoms with E-state index in [4.69, 9.17) is 0 Å². The Morgan fingerprint density at radius 2 is 1.68 bits per heavy atom. The highest BCUT2D eigenvalue weighted by atomic mass is 16.1. The zero-order valence-corrected chi connectivity index (χ0v) is 14.0. The zero-order valence-electron chi connectivity index (χ0n) is 14.0. The maximum absolute atomic E-state index is 12.5. The van der Waals surface area contributed by atoms with Gasteiger partial charge in [-0.2, -0.15) is 0 Å². The van der Waals surface area contributed by atoms with Crippen molar-refractivity contribution >= 4 is 5.78 Å². The summed E-state index contributed by atoms with van der Waals surface area (Å²) in [6.07, 6.45) is 7.06. The fourth-order valence-electron chi connectivity index (χ4n) is 2.95. The molecule has 0 aliphatic heterocycles. The molecule has 1 aromatic rings. The molecular formula is C19H26N2O. The first-order chi connectivity index (χ1) is 10.5. The number of carbonyl (C=O) groups excluding carboxylic acids is 1. The second kappa shape index (κ2) is 7.03. The average Bonchev–Trinajstić information content (AvgIpc) is 2.60. The normalized spacial score (nSPS) is 16.9. The number of hydrogen-bond acceptors (Lipinski definition) is 3. The summed E-state index contributed by atoms with van der Waals surface area (Å²) in [6.45, 7) is 6.25. The third-order valence-electron chi connectivity index (χ3n) is 4.72. The average molecular weight is 298 g/mol. The van der Waals surface area contributed by atoms with Crippen LogP contribution in [0, 0.1) is 0 Å². The minimum atomic E-state index is -0.135. The number of benzene rings is 1. The van der Waals surface area contributed by atoms with Crippen LogP contribution in [0.1, 0.15) is 30.6 Å². The van der Waals surface area contributed by atoms with Crippen LogP contribution in [0.4, 0.5) is 0 Å². The summed E-state index contributed by atoms with van der Waals surface area (Å²) >= 11 is 0. The summed E-state index contributed by atoms with van der Waals surface area (Å²) in [5.41, 5.74) is 1.40. The quantitative estimate of drug-likeness (QED) is 0.594. The van der Waals surface area contributed by atoms with E-state index in [2.05, 4.69) is 49.9 Å². The molecule has 0 bridgehead atoms. The number of allylic oxidation sites excluding steroid dienone is 2. The summed E-state index contributed by atoms with van der Waals surface area (Å²) in [5.74, 6) is 0.101. The van der Waals surface area contributed by atoms with Crippen LogP contribution in [0.15, 0.2) is 54.1 Å². The van der Waals surface area contributed by atoms with Crippen molar-refractivity contribution in [3.8, 4) is 0 Å². The highest BCUT2D eigenvalue weighted by molar-refractivity contribution is 6.10. The first-order valence-corrected chi connectivity index (χ1v) is 7.96. The Morgan fingerprint density at radius 3 is 2.14 bits per heavy atom. The predicted octanol–water partition coefficient (Wildman–Crippen LogP) is 3.36. The van der Waals surface area contributed by atoms with E-state index in [1.165, 1.54) is 0 Å². The third kappa shape index (κ3) is 3.06. The van der Waals surface area contributed by atoms with E-state index in [1.807, 2.05) is 36.4 Å². The van der Waals surface area contributed by atoms with Gasteiger partial charge in [0.2, 0.25) is 0 Å². The molecule has 0 heterocycles. The van der Waals surface area contributed by atoms with E-state index in [0.717, 1.165) is 30.6 Å².